The van der Waals surface area contributed by atoms with Crippen LogP contribution in [0.3, 0.4) is 0 Å². The number of hydrogen-bond acceptors (Lipinski definition) is 1. The molecule has 0 N–H and O–H groups in total. The van der Waals surface area contributed by atoms with Crippen molar-refractivity contribution in [2.75, 3.05) is 0 Å². The van der Waals surface area contributed by atoms with Crippen LogP contribution in [-0.2, 0) is 9.42 Å². The minimum absolute atomic E-state index is 0.734. The van der Waals surface area contributed by atoms with Crippen molar-refractivity contribution in [3.8, 4) is 0 Å². The third-order valence-electron chi connectivity index (χ3n) is 1.06. The summed E-state index contributed by atoms with van der Waals surface area (Å²) >= 11 is 1.35. The molecular formula is C7H7AtO. The zero-order valence-corrected chi connectivity index (χ0v) is 7.82. The van der Waals surface area contributed by atoms with E-state index >= 15 is 0 Å². The van der Waals surface area contributed by atoms with Gasteiger partial charge in [0.2, 0.25) is 0 Å². The SMILES string of the molecule is [At]OCc1ccccc1. The van der Waals surface area contributed by atoms with Crippen molar-refractivity contribution >= 4 is 0 Å². The third kappa shape index (κ3) is 2.42. The van der Waals surface area contributed by atoms with Gasteiger partial charge in [0, 0.05) is 0 Å². The zero-order valence-electron chi connectivity index (χ0n) is 4.88. The minimum atomic E-state index is 0.734. The van der Waals surface area contributed by atoms with Crippen molar-refractivity contribution in [2.45, 2.75) is 6.61 Å². The molecule has 0 heterocycles. The number of hydrogen-bond donors (Lipinski definition) is 0. The van der Waals surface area contributed by atoms with Gasteiger partial charge >= 0.3 is 70.5 Å². The summed E-state index contributed by atoms with van der Waals surface area (Å²) in [4.78, 5) is 0. The van der Waals surface area contributed by atoms with Gasteiger partial charge in [-0.1, -0.05) is 0 Å². The van der Waals surface area contributed by atoms with E-state index < -0.39 is 0 Å². The molecule has 1 nitrogen and oxygen atoms in total. The van der Waals surface area contributed by atoms with Crippen molar-refractivity contribution in [1.29, 1.82) is 0 Å². The van der Waals surface area contributed by atoms with Gasteiger partial charge in [0.25, 0.3) is 0 Å². The molecule has 0 saturated carbocycles. The first-order valence-corrected chi connectivity index (χ1v) is 3.91. The fourth-order valence-corrected chi connectivity index (χ4v) is 1.13. The van der Waals surface area contributed by atoms with Crippen LogP contribution in [0.4, 0.5) is 0 Å². The molecular weight excluding hydrogens is 310 g/mol. The molecule has 0 saturated heterocycles. The Balaban J connectivity index is 2.61. The molecule has 0 fully saturated rings. The quantitative estimate of drug-likeness (QED) is 0.806. The van der Waals surface area contributed by atoms with Crippen molar-refractivity contribution in [1.82, 2.24) is 0 Å². The molecule has 1 aromatic rings. The van der Waals surface area contributed by atoms with Crippen LogP contribution in [-0.4, -0.2) is 0 Å². The van der Waals surface area contributed by atoms with Gasteiger partial charge < -0.3 is 0 Å². The Bertz CT molecular complexity index is 162. The van der Waals surface area contributed by atoms with Crippen molar-refractivity contribution < 1.29 is 28.0 Å². The van der Waals surface area contributed by atoms with Gasteiger partial charge in [0.05, 0.1) is 0 Å². The normalized spacial score (nSPS) is 9.44. The summed E-state index contributed by atoms with van der Waals surface area (Å²) in [6, 6.07) is 10.1. The molecule has 48 valence electrons. The predicted octanol–water partition coefficient (Wildman–Crippen LogP) is 1.67. The second-order valence-electron chi connectivity index (χ2n) is 1.74. The Morgan fingerprint density at radius 1 is 1.22 bits per heavy atom. The molecule has 0 bridgehead atoms. The van der Waals surface area contributed by atoms with Gasteiger partial charge in [-0.25, -0.2) is 0 Å². The van der Waals surface area contributed by atoms with Crippen LogP contribution in [0.15, 0.2) is 30.3 Å². The molecule has 1 rings (SSSR count). The fourth-order valence-electron chi connectivity index (χ4n) is 0.637. The fraction of sp³-hybridized carbons (Fsp3) is 0.143. The van der Waals surface area contributed by atoms with E-state index in [0.29, 0.717) is 0 Å². The van der Waals surface area contributed by atoms with Gasteiger partial charge in [-0.2, -0.15) is 0 Å². The third-order valence-corrected chi connectivity index (χ3v) is 1.49. The molecule has 0 radical (unpaired) electrons. The molecule has 0 aliphatic rings. The maximum absolute atomic E-state index is 4.98. The summed E-state index contributed by atoms with van der Waals surface area (Å²) < 4.78 is 4.98. The average molecular weight is 317 g/mol. The summed E-state index contributed by atoms with van der Waals surface area (Å²) in [6.07, 6.45) is 0. The van der Waals surface area contributed by atoms with E-state index in [9.17, 15) is 0 Å². The summed E-state index contributed by atoms with van der Waals surface area (Å²) in [5.74, 6) is 0. The van der Waals surface area contributed by atoms with Crippen LogP contribution in [0.25, 0.3) is 0 Å². The van der Waals surface area contributed by atoms with Crippen LogP contribution in [0.5, 0.6) is 0 Å². The first kappa shape index (κ1) is 7.17. The van der Waals surface area contributed by atoms with Crippen LogP contribution in [0.1, 0.15) is 5.56 Å². The van der Waals surface area contributed by atoms with E-state index in [-0.39, 0.29) is 0 Å². The molecule has 1 aromatic carbocycles. The molecule has 9 heavy (non-hydrogen) atoms. The van der Waals surface area contributed by atoms with Crippen LogP contribution in [0.2, 0.25) is 0 Å². The number of benzene rings is 1. The Hall–Kier alpha value is 0.0631. The molecule has 0 unspecified atom stereocenters. The van der Waals surface area contributed by atoms with Gasteiger partial charge in [-0.3, -0.25) is 0 Å². The van der Waals surface area contributed by atoms with Gasteiger partial charge in [0.15, 0.2) is 0 Å². The predicted molar refractivity (Wildman–Crippen MR) is 31.2 cm³/mol. The van der Waals surface area contributed by atoms with E-state index in [1.54, 1.807) is 0 Å². The standard InChI is InChI=1S/C7H7AtO/c8-9-6-7-4-2-1-3-5-7/h1-5H,6H2. The van der Waals surface area contributed by atoms with Gasteiger partial charge in [-0.05, 0) is 0 Å². The van der Waals surface area contributed by atoms with E-state index in [4.69, 9.17) is 2.81 Å². The van der Waals surface area contributed by atoms with E-state index in [1.807, 2.05) is 18.2 Å². The van der Waals surface area contributed by atoms with Gasteiger partial charge in [-0.15, -0.1) is 0 Å². The van der Waals surface area contributed by atoms with Crippen molar-refractivity contribution in [3.63, 3.8) is 0 Å². The van der Waals surface area contributed by atoms with Crippen LogP contribution in [0, 0.1) is 25.2 Å². The molecule has 0 atom stereocenters. The summed E-state index contributed by atoms with van der Waals surface area (Å²) in [6.45, 7) is 0.734. The zero-order chi connectivity index (χ0) is 6.53. The van der Waals surface area contributed by atoms with E-state index in [0.717, 1.165) is 6.61 Å². The molecule has 0 amide bonds. The summed E-state index contributed by atoms with van der Waals surface area (Å²) in [5.41, 5.74) is 1.24. The Morgan fingerprint density at radius 2 is 1.89 bits per heavy atom. The van der Waals surface area contributed by atoms with Crippen molar-refractivity contribution in [2.24, 2.45) is 0 Å². The summed E-state index contributed by atoms with van der Waals surface area (Å²) in [5, 5.41) is 0. The molecule has 0 spiro atoms. The first-order chi connectivity index (χ1) is 4.43. The number of rotatable bonds is 2. The summed E-state index contributed by atoms with van der Waals surface area (Å²) in [7, 11) is 0. The van der Waals surface area contributed by atoms with Crippen LogP contribution >= 0.6 is 0 Å². The molecule has 0 aliphatic heterocycles. The van der Waals surface area contributed by atoms with E-state index in [1.165, 1.54) is 30.7 Å². The Kier molecular flexibility index (Phi) is 3.17. The topological polar surface area (TPSA) is 9.23 Å². The average Bonchev–Trinajstić information content (AvgIpc) is 1.91. The molecule has 0 aliphatic carbocycles. The molecule has 2 heteroatoms. The molecule has 0 aromatic heterocycles. The first-order valence-electron chi connectivity index (χ1n) is 2.71. The second-order valence-corrected chi connectivity index (χ2v) is 2.59. The monoisotopic (exact) mass is 317 g/mol. The second kappa shape index (κ2) is 3.97. The van der Waals surface area contributed by atoms with Gasteiger partial charge in [0.1, 0.15) is 0 Å². The van der Waals surface area contributed by atoms with E-state index in [2.05, 4.69) is 12.1 Å². The Morgan fingerprint density at radius 3 is 2.44 bits per heavy atom. The van der Waals surface area contributed by atoms with Crippen molar-refractivity contribution in [3.05, 3.63) is 35.9 Å². The van der Waals surface area contributed by atoms with Crippen LogP contribution < -0.4 is 0 Å². The Labute approximate surface area is 70.5 Å². The maximum atomic E-state index is 4.98.